The second-order valence-corrected chi connectivity index (χ2v) is 9.97. The molecule has 1 fully saturated rings. The van der Waals surface area contributed by atoms with Gasteiger partial charge in [-0.2, -0.15) is 30.7 Å². The van der Waals surface area contributed by atoms with Crippen LogP contribution in [0.2, 0.25) is 0 Å². The molecule has 0 bridgehead atoms. The van der Waals surface area contributed by atoms with Gasteiger partial charge < -0.3 is 15.0 Å². The Morgan fingerprint density at radius 2 is 1.69 bits per heavy atom. The lowest BCUT2D eigenvalue weighted by Gasteiger charge is -2.28. The predicted molar refractivity (Wildman–Crippen MR) is 134 cm³/mol. The van der Waals surface area contributed by atoms with Crippen LogP contribution in [0.25, 0.3) is 11.4 Å². The summed E-state index contributed by atoms with van der Waals surface area (Å²) in [6, 6.07) is 6.23. The van der Waals surface area contributed by atoms with E-state index in [2.05, 4.69) is 10.3 Å². The molecule has 42 heavy (non-hydrogen) atoms. The topological polar surface area (TPSA) is 84.1 Å². The first-order chi connectivity index (χ1) is 19.6. The molecule has 1 aromatic heterocycles. The molecule has 0 unspecified atom stereocenters. The lowest BCUT2D eigenvalue weighted by Crippen LogP contribution is -2.34. The van der Waals surface area contributed by atoms with E-state index in [1.54, 1.807) is 0 Å². The summed E-state index contributed by atoms with van der Waals surface area (Å²) in [5, 5.41) is 2.51. The van der Waals surface area contributed by atoms with Crippen molar-refractivity contribution in [2.24, 2.45) is 5.92 Å². The molecular weight excluding hydrogens is 578 g/mol. The molecule has 6 nitrogen and oxygen atoms in total. The molecule has 1 heterocycles. The van der Waals surface area contributed by atoms with E-state index < -0.39 is 76.1 Å². The van der Waals surface area contributed by atoms with E-state index >= 15 is 4.39 Å². The van der Waals surface area contributed by atoms with Crippen LogP contribution in [-0.2, 0) is 35.0 Å². The highest BCUT2D eigenvalue weighted by Crippen LogP contribution is 2.38. The normalized spacial score (nSPS) is 17.7. The maximum Gasteiger partial charge on any atom is 0.417 e. The zero-order valence-corrected chi connectivity index (χ0v) is 22.1. The molecule has 4 rings (SSSR count). The van der Waals surface area contributed by atoms with Crippen molar-refractivity contribution in [1.29, 1.82) is 0 Å². The summed E-state index contributed by atoms with van der Waals surface area (Å²) in [7, 11) is 0. The summed E-state index contributed by atoms with van der Waals surface area (Å²) in [4.78, 5) is 29.9. The minimum absolute atomic E-state index is 0.0331. The number of halogens is 8. The van der Waals surface area contributed by atoms with Gasteiger partial charge in [-0.1, -0.05) is 18.2 Å². The second-order valence-electron chi connectivity index (χ2n) is 9.97. The standard InChI is InChI=1S/C28H25F8N3O3/c1-14-22(29)26(41)39-24(38-14)21-20(28(34,35)36)10-7-17(23(21)30)12-37-25(40)16-5-8-19(9-6-16)42-13-15-3-2-4-18(11-15)27(31,32)33/h2-4,7,10-11,16,19H,5-6,8-9,12-13H2,1H3,(H,37,40)(H,38,39,41). The lowest BCUT2D eigenvalue weighted by atomic mass is 9.86. The summed E-state index contributed by atoms with van der Waals surface area (Å²) in [6.07, 6.45) is -8.15. The van der Waals surface area contributed by atoms with Crippen molar-refractivity contribution in [2.45, 2.75) is 64.2 Å². The Balaban J connectivity index is 1.38. The Morgan fingerprint density at radius 3 is 2.31 bits per heavy atom. The largest absolute Gasteiger partial charge is 0.417 e. The highest BCUT2D eigenvalue weighted by Gasteiger charge is 2.37. The molecule has 0 saturated heterocycles. The fourth-order valence-corrected chi connectivity index (χ4v) is 4.78. The number of aromatic nitrogens is 2. The van der Waals surface area contributed by atoms with Gasteiger partial charge in [0.25, 0.3) is 5.56 Å². The van der Waals surface area contributed by atoms with Crippen LogP contribution in [-0.4, -0.2) is 22.0 Å². The monoisotopic (exact) mass is 603 g/mol. The molecule has 226 valence electrons. The van der Waals surface area contributed by atoms with Gasteiger partial charge in [0.2, 0.25) is 11.7 Å². The minimum Gasteiger partial charge on any atom is -0.374 e. The van der Waals surface area contributed by atoms with Crippen molar-refractivity contribution in [2.75, 3.05) is 0 Å². The molecule has 14 heteroatoms. The maximum absolute atomic E-state index is 15.4. The van der Waals surface area contributed by atoms with Crippen LogP contribution in [0.5, 0.6) is 0 Å². The summed E-state index contributed by atoms with van der Waals surface area (Å²) in [5.74, 6) is -4.46. The van der Waals surface area contributed by atoms with Crippen LogP contribution in [0.15, 0.2) is 41.2 Å². The third kappa shape index (κ3) is 7.15. The smallest absolute Gasteiger partial charge is 0.374 e. The van der Waals surface area contributed by atoms with E-state index in [0.717, 1.165) is 25.1 Å². The Bertz CT molecular complexity index is 1510. The van der Waals surface area contributed by atoms with Gasteiger partial charge in [0.1, 0.15) is 11.6 Å². The number of H-pyrrole nitrogens is 1. The van der Waals surface area contributed by atoms with Crippen molar-refractivity contribution in [3.63, 3.8) is 0 Å². The number of carbonyl (C=O) groups is 1. The van der Waals surface area contributed by atoms with Crippen molar-refractivity contribution >= 4 is 5.91 Å². The quantitative estimate of drug-likeness (QED) is 0.304. The van der Waals surface area contributed by atoms with Crippen LogP contribution in [0.1, 0.15) is 53.6 Å². The zero-order chi connectivity index (χ0) is 30.8. The molecule has 2 aromatic carbocycles. The van der Waals surface area contributed by atoms with E-state index in [0.29, 0.717) is 37.3 Å². The van der Waals surface area contributed by atoms with Gasteiger partial charge in [-0.3, -0.25) is 9.59 Å². The Labute approximate surface area is 234 Å². The Kier molecular flexibility index (Phi) is 9.04. The van der Waals surface area contributed by atoms with E-state index in [1.165, 1.54) is 12.1 Å². The first-order valence-electron chi connectivity index (χ1n) is 12.9. The van der Waals surface area contributed by atoms with Crippen molar-refractivity contribution < 1.29 is 44.7 Å². The summed E-state index contributed by atoms with van der Waals surface area (Å²) < 4.78 is 114. The molecule has 1 aliphatic rings. The molecule has 1 amide bonds. The first kappa shape index (κ1) is 31.1. The van der Waals surface area contributed by atoms with Gasteiger partial charge in [0.05, 0.1) is 35.1 Å². The average molecular weight is 604 g/mol. The van der Waals surface area contributed by atoms with Crippen LogP contribution >= 0.6 is 0 Å². The van der Waals surface area contributed by atoms with Gasteiger partial charge in [-0.05, 0) is 56.4 Å². The average Bonchev–Trinajstić information content (AvgIpc) is 2.93. The van der Waals surface area contributed by atoms with Gasteiger partial charge in [-0.25, -0.2) is 9.37 Å². The number of nitrogens with zero attached hydrogens (tertiary/aromatic N) is 1. The van der Waals surface area contributed by atoms with Gasteiger partial charge in [0, 0.05) is 18.0 Å². The number of alkyl halides is 6. The number of rotatable bonds is 7. The Morgan fingerprint density at radius 1 is 1.00 bits per heavy atom. The molecule has 1 saturated carbocycles. The molecule has 0 spiro atoms. The number of ether oxygens (including phenoxy) is 1. The molecule has 2 N–H and O–H groups in total. The number of nitrogens with one attached hydrogen (secondary N) is 2. The van der Waals surface area contributed by atoms with E-state index in [1.807, 2.05) is 4.98 Å². The van der Waals surface area contributed by atoms with Gasteiger partial charge in [-0.15, -0.1) is 0 Å². The highest BCUT2D eigenvalue weighted by molar-refractivity contribution is 5.78. The highest BCUT2D eigenvalue weighted by atomic mass is 19.4. The molecule has 0 atom stereocenters. The molecule has 1 aliphatic carbocycles. The Hall–Kier alpha value is -3.81. The molecule has 0 radical (unpaired) electrons. The van der Waals surface area contributed by atoms with Gasteiger partial charge >= 0.3 is 12.4 Å². The number of aromatic amines is 1. The maximum atomic E-state index is 15.4. The van der Waals surface area contributed by atoms with E-state index in [4.69, 9.17) is 4.74 Å². The lowest BCUT2D eigenvalue weighted by molar-refractivity contribution is -0.138. The number of carbonyl (C=O) groups excluding carboxylic acids is 1. The zero-order valence-electron chi connectivity index (χ0n) is 22.1. The second kappa shape index (κ2) is 12.2. The number of benzene rings is 2. The SMILES string of the molecule is Cc1nc(-c2c(C(F)(F)F)ccc(CNC(=O)C3CCC(OCc4cccc(C(F)(F)F)c4)CC3)c2F)[nH]c(=O)c1F. The predicted octanol–water partition coefficient (Wildman–Crippen LogP) is 6.45. The van der Waals surface area contributed by atoms with Crippen LogP contribution in [0.4, 0.5) is 35.1 Å². The van der Waals surface area contributed by atoms with E-state index in [9.17, 15) is 40.3 Å². The van der Waals surface area contributed by atoms with Crippen LogP contribution in [0.3, 0.4) is 0 Å². The fraction of sp³-hybridized carbons (Fsp3) is 0.393. The van der Waals surface area contributed by atoms with Gasteiger partial charge in [0.15, 0.2) is 0 Å². The number of amides is 1. The van der Waals surface area contributed by atoms with E-state index in [-0.39, 0.29) is 18.3 Å². The number of hydrogen-bond donors (Lipinski definition) is 2. The third-order valence-corrected chi connectivity index (χ3v) is 7.03. The van der Waals surface area contributed by atoms with Crippen molar-refractivity contribution in [1.82, 2.24) is 15.3 Å². The van der Waals surface area contributed by atoms with Crippen LogP contribution < -0.4 is 10.9 Å². The molecular formula is C28H25F8N3O3. The van der Waals surface area contributed by atoms with Crippen LogP contribution in [0, 0.1) is 24.5 Å². The summed E-state index contributed by atoms with van der Waals surface area (Å²) in [6.45, 7) is 0.551. The van der Waals surface area contributed by atoms with Crippen molar-refractivity contribution in [3.05, 3.63) is 86.3 Å². The van der Waals surface area contributed by atoms with Crippen molar-refractivity contribution in [3.8, 4) is 11.4 Å². The third-order valence-electron chi connectivity index (χ3n) is 7.03. The number of hydrogen-bond acceptors (Lipinski definition) is 4. The first-order valence-corrected chi connectivity index (χ1v) is 12.9. The minimum atomic E-state index is -5.03. The fourth-order valence-electron chi connectivity index (χ4n) is 4.78. The summed E-state index contributed by atoms with van der Waals surface area (Å²) in [5.41, 5.74) is -5.13. The number of aryl methyl sites for hydroxylation is 1. The summed E-state index contributed by atoms with van der Waals surface area (Å²) >= 11 is 0. The molecule has 3 aromatic rings. The molecule has 0 aliphatic heterocycles.